The molecule has 1 saturated heterocycles. The smallest absolute Gasteiger partial charge is 0.406 e. The Bertz CT molecular complexity index is 1200. The average molecular weight is 479 g/mol. The summed E-state index contributed by atoms with van der Waals surface area (Å²) < 4.78 is 68.7. The molecule has 1 aliphatic carbocycles. The average Bonchev–Trinajstić information content (AvgIpc) is 3.38. The van der Waals surface area contributed by atoms with Gasteiger partial charge >= 0.3 is 12.4 Å². The van der Waals surface area contributed by atoms with Crippen LogP contribution in [0, 0.1) is 17.6 Å². The molecule has 0 spiro atoms. The Morgan fingerprint density at radius 1 is 1.12 bits per heavy atom. The summed E-state index contributed by atoms with van der Waals surface area (Å²) in [6, 6.07) is 6.99. The van der Waals surface area contributed by atoms with Crippen LogP contribution >= 0.6 is 0 Å². The van der Waals surface area contributed by atoms with Crippen molar-refractivity contribution in [2.45, 2.75) is 25.4 Å². The first-order chi connectivity index (χ1) is 16.1. The Morgan fingerprint density at radius 3 is 2.50 bits per heavy atom. The minimum absolute atomic E-state index is 0.00535. The number of hydrogen-bond donors (Lipinski definition) is 1. The summed E-state index contributed by atoms with van der Waals surface area (Å²) in [5.74, 6) is -2.73. The molecule has 2 atom stereocenters. The first-order valence-electron chi connectivity index (χ1n) is 10.5. The number of urea groups is 1. The molecule has 2 aliphatic heterocycles. The third-order valence-corrected chi connectivity index (χ3v) is 6.30. The lowest BCUT2D eigenvalue weighted by Gasteiger charge is -2.32. The van der Waals surface area contributed by atoms with E-state index in [1.165, 1.54) is 18.2 Å². The van der Waals surface area contributed by atoms with Crippen LogP contribution in [0.5, 0.6) is 5.75 Å². The van der Waals surface area contributed by atoms with E-state index in [9.17, 15) is 31.5 Å². The second kappa shape index (κ2) is 8.00. The number of likely N-dealkylation sites (tertiary alicyclic amines) is 1. The molecule has 3 aliphatic rings. The van der Waals surface area contributed by atoms with E-state index in [-0.39, 0.29) is 48.0 Å². The molecule has 0 aromatic heterocycles. The molecular formula is C23H18F5N3O3. The van der Waals surface area contributed by atoms with Crippen molar-refractivity contribution in [3.63, 3.8) is 0 Å². The molecule has 2 aromatic rings. The van der Waals surface area contributed by atoms with Gasteiger partial charge in [-0.2, -0.15) is 0 Å². The summed E-state index contributed by atoms with van der Waals surface area (Å²) in [4.78, 5) is 28.0. The van der Waals surface area contributed by atoms with Crippen molar-refractivity contribution in [1.29, 1.82) is 0 Å². The highest BCUT2D eigenvalue weighted by atomic mass is 19.4. The van der Waals surface area contributed by atoms with Crippen molar-refractivity contribution in [2.24, 2.45) is 5.92 Å². The van der Waals surface area contributed by atoms with Gasteiger partial charge in [-0.1, -0.05) is 18.2 Å². The molecule has 2 heterocycles. The van der Waals surface area contributed by atoms with E-state index < -0.39 is 24.0 Å². The van der Waals surface area contributed by atoms with Crippen LogP contribution in [-0.4, -0.2) is 47.2 Å². The zero-order chi connectivity index (χ0) is 24.2. The van der Waals surface area contributed by atoms with E-state index in [1.54, 1.807) is 17.0 Å². The number of anilines is 1. The summed E-state index contributed by atoms with van der Waals surface area (Å²) in [5.41, 5.74) is 1.84. The number of nitrogens with zero attached hydrogens (tertiary/aromatic N) is 2. The van der Waals surface area contributed by atoms with Crippen molar-refractivity contribution < 1.29 is 36.3 Å². The zero-order valence-corrected chi connectivity index (χ0v) is 17.5. The van der Waals surface area contributed by atoms with Gasteiger partial charge in [-0.05, 0) is 41.8 Å². The molecule has 1 fully saturated rings. The van der Waals surface area contributed by atoms with Gasteiger partial charge in [0.2, 0.25) is 5.91 Å². The number of nitrogens with one attached hydrogen (secondary N) is 1. The minimum atomic E-state index is -4.76. The normalized spacial score (nSPS) is 21.3. The monoisotopic (exact) mass is 479 g/mol. The molecule has 11 heteroatoms. The SMILES string of the molecule is O=C1Nc2ccc(F)c(F)c2CN1CC(=O)N1C[C@H]2C[C@@H]1C=C2c1ccc(OC(F)(F)F)cc1. The van der Waals surface area contributed by atoms with E-state index in [4.69, 9.17) is 0 Å². The van der Waals surface area contributed by atoms with Gasteiger partial charge in [-0.25, -0.2) is 13.6 Å². The van der Waals surface area contributed by atoms with Gasteiger partial charge in [-0.3, -0.25) is 4.79 Å². The summed E-state index contributed by atoms with van der Waals surface area (Å²) >= 11 is 0. The number of ether oxygens (including phenoxy) is 1. The van der Waals surface area contributed by atoms with Crippen LogP contribution in [0.25, 0.3) is 5.57 Å². The van der Waals surface area contributed by atoms with Gasteiger partial charge in [0.1, 0.15) is 12.3 Å². The van der Waals surface area contributed by atoms with Crippen LogP contribution in [0.4, 0.5) is 32.4 Å². The van der Waals surface area contributed by atoms with Gasteiger partial charge in [-0.15, -0.1) is 13.2 Å². The predicted molar refractivity (Wildman–Crippen MR) is 110 cm³/mol. The maximum Gasteiger partial charge on any atom is 0.573 e. The number of fused-ring (bicyclic) bond motifs is 3. The van der Waals surface area contributed by atoms with Crippen LogP contribution < -0.4 is 10.1 Å². The standard InChI is InChI=1S/C23H18F5N3O3/c24-18-5-6-19-17(21(18)25)10-30(22(33)29-19)11-20(32)31-9-13-7-14(31)8-16(13)12-1-3-15(4-2-12)34-23(26,27)28/h1-6,8,13-14H,7,9-11H2,(H,29,33)/t13-,14-/m1/s1. The lowest BCUT2D eigenvalue weighted by molar-refractivity contribution is -0.274. The predicted octanol–water partition coefficient (Wildman–Crippen LogP) is 4.53. The van der Waals surface area contributed by atoms with E-state index in [0.29, 0.717) is 13.0 Å². The fourth-order valence-corrected chi connectivity index (χ4v) is 4.76. The number of carbonyl (C=O) groups excluding carboxylic acids is 2. The van der Waals surface area contributed by atoms with Crippen molar-refractivity contribution >= 4 is 23.2 Å². The molecule has 3 amide bonds. The highest BCUT2D eigenvalue weighted by molar-refractivity contribution is 5.95. The number of carbonyl (C=O) groups is 2. The van der Waals surface area contributed by atoms with Gasteiger partial charge in [0.05, 0.1) is 18.3 Å². The molecule has 0 unspecified atom stereocenters. The van der Waals surface area contributed by atoms with E-state index in [2.05, 4.69) is 10.1 Å². The number of benzene rings is 2. The summed E-state index contributed by atoms with van der Waals surface area (Å²) in [6.07, 6.45) is -2.20. The van der Waals surface area contributed by atoms with Gasteiger partial charge in [0, 0.05) is 18.0 Å². The third kappa shape index (κ3) is 4.06. The molecule has 1 N–H and O–H groups in total. The van der Waals surface area contributed by atoms with Crippen molar-refractivity contribution in [2.75, 3.05) is 18.4 Å². The third-order valence-electron chi connectivity index (χ3n) is 6.30. The van der Waals surface area contributed by atoms with Crippen LogP contribution in [-0.2, 0) is 11.3 Å². The van der Waals surface area contributed by atoms with Crippen LogP contribution in [0.15, 0.2) is 42.5 Å². The fourth-order valence-electron chi connectivity index (χ4n) is 4.76. The summed E-state index contributed by atoms with van der Waals surface area (Å²) in [6.45, 7) is -0.131. The van der Waals surface area contributed by atoms with E-state index in [0.717, 1.165) is 22.1 Å². The Kier molecular flexibility index (Phi) is 5.22. The number of hydrogen-bond acceptors (Lipinski definition) is 3. The largest absolute Gasteiger partial charge is 0.573 e. The Morgan fingerprint density at radius 2 is 1.85 bits per heavy atom. The topological polar surface area (TPSA) is 61.9 Å². The molecular weight excluding hydrogens is 461 g/mol. The maximum atomic E-state index is 14.1. The lowest BCUT2D eigenvalue weighted by atomic mass is 9.95. The number of alkyl halides is 3. The first kappa shape index (κ1) is 22.2. The van der Waals surface area contributed by atoms with Crippen LogP contribution in [0.1, 0.15) is 17.5 Å². The second-order valence-electron chi connectivity index (χ2n) is 8.41. The Labute approximate surface area is 190 Å². The molecule has 5 rings (SSSR count). The summed E-state index contributed by atoms with van der Waals surface area (Å²) in [5, 5.41) is 2.47. The van der Waals surface area contributed by atoms with Crippen LogP contribution in [0.2, 0.25) is 0 Å². The quantitative estimate of drug-likeness (QED) is 0.656. The Balaban J connectivity index is 1.25. The first-order valence-corrected chi connectivity index (χ1v) is 10.5. The van der Waals surface area contributed by atoms with E-state index >= 15 is 0 Å². The van der Waals surface area contributed by atoms with Gasteiger partial charge in [0.25, 0.3) is 0 Å². The molecule has 6 nitrogen and oxygen atoms in total. The van der Waals surface area contributed by atoms with Crippen molar-refractivity contribution in [3.8, 4) is 5.75 Å². The Hall–Kier alpha value is -3.63. The number of amides is 3. The highest BCUT2D eigenvalue weighted by Crippen LogP contribution is 2.43. The van der Waals surface area contributed by atoms with Crippen LogP contribution in [0.3, 0.4) is 0 Å². The number of halogens is 5. The fraction of sp³-hybridized carbons (Fsp3) is 0.304. The van der Waals surface area contributed by atoms with Crippen molar-refractivity contribution in [3.05, 3.63) is 65.2 Å². The molecule has 0 saturated carbocycles. The van der Waals surface area contributed by atoms with E-state index in [1.807, 2.05) is 6.08 Å². The molecule has 178 valence electrons. The second-order valence-corrected chi connectivity index (χ2v) is 8.41. The van der Waals surface area contributed by atoms with Gasteiger partial charge in [0.15, 0.2) is 11.6 Å². The summed E-state index contributed by atoms with van der Waals surface area (Å²) in [7, 11) is 0. The zero-order valence-electron chi connectivity index (χ0n) is 17.5. The lowest BCUT2D eigenvalue weighted by Crippen LogP contribution is -2.47. The number of rotatable bonds is 4. The minimum Gasteiger partial charge on any atom is -0.406 e. The molecule has 34 heavy (non-hydrogen) atoms. The highest BCUT2D eigenvalue weighted by Gasteiger charge is 2.42. The van der Waals surface area contributed by atoms with Gasteiger partial charge < -0.3 is 19.9 Å². The van der Waals surface area contributed by atoms with Crippen molar-refractivity contribution in [1.82, 2.24) is 9.80 Å². The molecule has 0 radical (unpaired) electrons. The maximum absolute atomic E-state index is 14.1. The molecule has 2 aromatic carbocycles. The molecule has 2 bridgehead atoms.